The largest absolute Gasteiger partial charge is 0.374 e. The second-order valence-corrected chi connectivity index (χ2v) is 12.5. The molecular weight excluding hydrogens is 482 g/mol. The first kappa shape index (κ1) is 27.3. The minimum absolute atomic E-state index is 0.0127. The van der Waals surface area contributed by atoms with Gasteiger partial charge in [-0.2, -0.15) is 0 Å². The molecule has 0 bridgehead atoms. The highest BCUT2D eigenvalue weighted by atomic mass is 16.6. The van der Waals surface area contributed by atoms with E-state index in [2.05, 4.69) is 22.3 Å². The fourth-order valence-corrected chi connectivity index (χ4v) is 6.49. The Hall–Kier alpha value is -2.29. The third kappa shape index (κ3) is 5.40. The summed E-state index contributed by atoms with van der Waals surface area (Å²) in [6.45, 7) is 10.7. The number of ether oxygens (including phenoxy) is 2. The molecule has 1 saturated carbocycles. The van der Waals surface area contributed by atoms with Crippen molar-refractivity contribution in [3.63, 3.8) is 0 Å². The molecule has 208 valence electrons. The average molecular weight is 526 g/mol. The summed E-state index contributed by atoms with van der Waals surface area (Å²) in [4.78, 5) is 43.9. The fourth-order valence-electron chi connectivity index (χ4n) is 6.49. The van der Waals surface area contributed by atoms with E-state index in [-0.39, 0.29) is 36.9 Å². The van der Waals surface area contributed by atoms with Crippen molar-refractivity contribution >= 4 is 17.6 Å². The van der Waals surface area contributed by atoms with Gasteiger partial charge >= 0.3 is 0 Å². The smallest absolute Gasteiger partial charge is 0.251 e. The van der Waals surface area contributed by atoms with Crippen molar-refractivity contribution in [1.29, 1.82) is 0 Å². The standard InChI is InChI=1S/C30H43N3O5/c1-5-37-24-17-33(25-23(34)18-38-26(24)25)29(36)27(30(2,3)4)31-28(35)21-11-9-19(10-12-21)20-13-15-32(16-14-20)22-7-6-8-22/h9-12,20,22,24-27H,5-8,13-18H2,1-4H3,(H,31,35)/t24-,25+,26+,27?/m0/s1. The van der Waals surface area contributed by atoms with E-state index in [0.717, 1.165) is 32.0 Å². The zero-order chi connectivity index (χ0) is 27.0. The highest BCUT2D eigenvalue weighted by molar-refractivity contribution is 5.99. The molecule has 4 fully saturated rings. The molecule has 0 spiro atoms. The van der Waals surface area contributed by atoms with Crippen molar-refractivity contribution < 1.29 is 23.9 Å². The van der Waals surface area contributed by atoms with E-state index in [9.17, 15) is 14.4 Å². The van der Waals surface area contributed by atoms with Crippen LogP contribution in [0.1, 0.15) is 81.6 Å². The first-order chi connectivity index (χ1) is 18.2. The van der Waals surface area contributed by atoms with Crippen LogP contribution in [0, 0.1) is 5.41 Å². The number of amides is 2. The third-order valence-corrected chi connectivity index (χ3v) is 8.96. The molecule has 4 atom stereocenters. The average Bonchev–Trinajstić information content (AvgIpc) is 3.42. The fraction of sp³-hybridized carbons (Fsp3) is 0.700. The number of benzene rings is 1. The Morgan fingerprint density at radius 1 is 1.11 bits per heavy atom. The quantitative estimate of drug-likeness (QED) is 0.589. The monoisotopic (exact) mass is 525 g/mol. The minimum Gasteiger partial charge on any atom is -0.374 e. The molecule has 4 aliphatic rings. The number of fused-ring (bicyclic) bond motifs is 1. The maximum atomic E-state index is 13.8. The lowest BCUT2D eigenvalue weighted by molar-refractivity contribution is -0.140. The molecule has 1 aromatic carbocycles. The Labute approximate surface area is 226 Å². The lowest BCUT2D eigenvalue weighted by atomic mass is 9.84. The van der Waals surface area contributed by atoms with Crippen LogP contribution in [-0.4, -0.2) is 90.6 Å². The Morgan fingerprint density at radius 2 is 1.79 bits per heavy atom. The summed E-state index contributed by atoms with van der Waals surface area (Å²) >= 11 is 0. The molecule has 1 unspecified atom stereocenters. The highest BCUT2D eigenvalue weighted by Crippen LogP contribution is 2.34. The normalized spacial score (nSPS) is 27.7. The highest BCUT2D eigenvalue weighted by Gasteiger charge is 2.54. The molecule has 8 heteroatoms. The van der Waals surface area contributed by atoms with E-state index in [4.69, 9.17) is 9.47 Å². The summed E-state index contributed by atoms with van der Waals surface area (Å²) in [6.07, 6.45) is 5.60. The van der Waals surface area contributed by atoms with Gasteiger partial charge in [0.1, 0.15) is 30.9 Å². The Bertz CT molecular complexity index is 1020. The van der Waals surface area contributed by atoms with E-state index in [1.165, 1.54) is 24.8 Å². The van der Waals surface area contributed by atoms with Gasteiger partial charge in [-0.05, 0) is 74.7 Å². The van der Waals surface area contributed by atoms with Crippen molar-refractivity contribution in [2.75, 3.05) is 32.8 Å². The van der Waals surface area contributed by atoms with Gasteiger partial charge in [0.2, 0.25) is 5.91 Å². The second-order valence-electron chi connectivity index (χ2n) is 12.5. The van der Waals surface area contributed by atoms with Crippen molar-refractivity contribution in [2.24, 2.45) is 5.41 Å². The van der Waals surface area contributed by atoms with Crippen LogP contribution in [0.25, 0.3) is 0 Å². The molecule has 1 N–H and O–H groups in total. The van der Waals surface area contributed by atoms with E-state index in [1.807, 2.05) is 39.8 Å². The van der Waals surface area contributed by atoms with Crippen LogP contribution in [0.3, 0.4) is 0 Å². The number of piperidine rings is 1. The van der Waals surface area contributed by atoms with Crippen LogP contribution in [0.5, 0.6) is 0 Å². The number of rotatable bonds is 7. The van der Waals surface area contributed by atoms with Crippen LogP contribution in [0.4, 0.5) is 0 Å². The molecule has 5 rings (SSSR count). The zero-order valence-electron chi connectivity index (χ0n) is 23.3. The minimum atomic E-state index is -0.792. The molecule has 38 heavy (non-hydrogen) atoms. The molecule has 1 aliphatic carbocycles. The van der Waals surface area contributed by atoms with Crippen LogP contribution in [0.15, 0.2) is 24.3 Å². The Balaban J connectivity index is 1.24. The number of ketones is 1. The van der Waals surface area contributed by atoms with Gasteiger partial charge in [-0.1, -0.05) is 39.3 Å². The second kappa shape index (κ2) is 11.1. The van der Waals surface area contributed by atoms with Gasteiger partial charge in [-0.3, -0.25) is 14.4 Å². The summed E-state index contributed by atoms with van der Waals surface area (Å²) in [5.41, 5.74) is 1.26. The molecule has 2 amide bonds. The van der Waals surface area contributed by atoms with Gasteiger partial charge in [0.25, 0.3) is 5.91 Å². The molecule has 0 aromatic heterocycles. The van der Waals surface area contributed by atoms with Crippen molar-refractivity contribution in [3.8, 4) is 0 Å². The third-order valence-electron chi connectivity index (χ3n) is 8.96. The van der Waals surface area contributed by atoms with Crippen LogP contribution in [-0.2, 0) is 19.1 Å². The number of nitrogens with one attached hydrogen (secondary N) is 1. The maximum absolute atomic E-state index is 13.8. The number of nitrogens with zero attached hydrogens (tertiary/aromatic N) is 2. The number of Topliss-reactive ketones (excluding diaryl/α,β-unsaturated/α-hetero) is 1. The van der Waals surface area contributed by atoms with Gasteiger partial charge in [0.15, 0.2) is 5.78 Å². The van der Waals surface area contributed by atoms with Gasteiger partial charge < -0.3 is 24.6 Å². The number of carbonyl (C=O) groups is 3. The van der Waals surface area contributed by atoms with Crippen LogP contribution >= 0.6 is 0 Å². The summed E-state index contributed by atoms with van der Waals surface area (Å²) in [5.74, 6) is -0.133. The SMILES string of the molecule is CCO[C@H]1CN(C(=O)C(NC(=O)c2ccc(C3CCN(C4CCC4)CC3)cc2)C(C)(C)C)[C@@H]2C(=O)CO[C@H]12. The number of likely N-dealkylation sites (tertiary alicyclic amines) is 2. The summed E-state index contributed by atoms with van der Waals surface area (Å²) in [7, 11) is 0. The first-order valence-corrected chi connectivity index (χ1v) is 14.4. The number of carbonyl (C=O) groups excluding carboxylic acids is 3. The molecule has 8 nitrogen and oxygen atoms in total. The van der Waals surface area contributed by atoms with Gasteiger partial charge in [-0.15, -0.1) is 0 Å². The maximum Gasteiger partial charge on any atom is 0.251 e. The molecule has 3 heterocycles. The summed E-state index contributed by atoms with van der Waals surface area (Å²) in [6, 6.07) is 7.24. The summed E-state index contributed by atoms with van der Waals surface area (Å²) in [5, 5.41) is 2.99. The van der Waals surface area contributed by atoms with E-state index >= 15 is 0 Å². The van der Waals surface area contributed by atoms with Crippen molar-refractivity contribution in [3.05, 3.63) is 35.4 Å². The zero-order valence-corrected chi connectivity index (χ0v) is 23.3. The Kier molecular flexibility index (Phi) is 7.94. The predicted octanol–water partition coefficient (Wildman–Crippen LogP) is 3.15. The van der Waals surface area contributed by atoms with Gasteiger partial charge in [0, 0.05) is 18.2 Å². The Morgan fingerprint density at radius 3 is 2.37 bits per heavy atom. The molecular formula is C30H43N3O5. The van der Waals surface area contributed by atoms with Crippen LogP contribution in [0.2, 0.25) is 0 Å². The van der Waals surface area contributed by atoms with Crippen molar-refractivity contribution in [2.45, 2.75) is 96.1 Å². The van der Waals surface area contributed by atoms with Crippen LogP contribution < -0.4 is 5.32 Å². The number of hydrogen-bond donors (Lipinski definition) is 1. The van der Waals surface area contributed by atoms with Crippen molar-refractivity contribution in [1.82, 2.24) is 15.1 Å². The predicted molar refractivity (Wildman–Crippen MR) is 144 cm³/mol. The number of hydrogen-bond acceptors (Lipinski definition) is 6. The topological polar surface area (TPSA) is 88.2 Å². The summed E-state index contributed by atoms with van der Waals surface area (Å²) < 4.78 is 11.5. The lowest BCUT2D eigenvalue weighted by Crippen LogP contribution is -2.57. The molecule has 0 radical (unpaired) electrons. The van der Waals surface area contributed by atoms with E-state index in [0.29, 0.717) is 18.1 Å². The first-order valence-electron chi connectivity index (χ1n) is 14.4. The lowest BCUT2D eigenvalue weighted by Gasteiger charge is -2.42. The molecule has 1 aromatic rings. The molecule has 3 aliphatic heterocycles. The van der Waals surface area contributed by atoms with E-state index < -0.39 is 23.6 Å². The molecule has 3 saturated heterocycles. The van der Waals surface area contributed by atoms with Gasteiger partial charge in [-0.25, -0.2) is 0 Å². The van der Waals surface area contributed by atoms with Gasteiger partial charge in [0.05, 0.1) is 6.54 Å². The van der Waals surface area contributed by atoms with E-state index in [1.54, 1.807) is 4.90 Å².